The van der Waals surface area contributed by atoms with Crippen LogP contribution in [0.5, 0.6) is 0 Å². The van der Waals surface area contributed by atoms with E-state index < -0.39 is 18.3 Å². The fourth-order valence-electron chi connectivity index (χ4n) is 2.91. The molecule has 0 radical (unpaired) electrons. The Hall–Kier alpha value is -0.530. The zero-order valence-corrected chi connectivity index (χ0v) is 14.7. The van der Waals surface area contributed by atoms with Crippen LogP contribution in [-0.2, 0) is 4.79 Å². The molecule has 0 aromatic heterocycles. The van der Waals surface area contributed by atoms with Crippen LogP contribution in [0.3, 0.4) is 0 Å². The molecule has 1 saturated heterocycles. The third kappa shape index (κ3) is 8.77. The van der Waals surface area contributed by atoms with Crippen LogP contribution in [0.2, 0.25) is 0 Å². The first kappa shape index (κ1) is 22.5. The first-order chi connectivity index (χ1) is 10.1. The summed E-state index contributed by atoms with van der Waals surface area (Å²) in [6.07, 6.45) is -0.339. The Morgan fingerprint density at radius 2 is 1.87 bits per heavy atom. The highest BCUT2D eigenvalue weighted by Gasteiger charge is 2.32. The molecule has 0 aromatic rings. The van der Waals surface area contributed by atoms with Crippen molar-refractivity contribution in [3.63, 3.8) is 0 Å². The lowest BCUT2D eigenvalue weighted by atomic mass is 9.93. The Bertz CT molecular complexity index is 356. The van der Waals surface area contributed by atoms with Crippen molar-refractivity contribution < 1.29 is 18.0 Å². The normalized spacial score (nSPS) is 19.7. The average Bonchev–Trinajstić information content (AvgIpc) is 2.39. The van der Waals surface area contributed by atoms with Gasteiger partial charge in [0.2, 0.25) is 5.91 Å². The smallest absolute Gasteiger partial charge is 0.355 e. The maximum Gasteiger partial charge on any atom is 0.401 e. The van der Waals surface area contributed by atoms with Gasteiger partial charge in [-0.3, -0.25) is 9.69 Å². The second kappa shape index (κ2) is 9.69. The van der Waals surface area contributed by atoms with Crippen LogP contribution in [0.1, 0.15) is 46.0 Å². The van der Waals surface area contributed by atoms with E-state index in [-0.39, 0.29) is 18.3 Å². The number of piperidine rings is 1. The van der Waals surface area contributed by atoms with E-state index in [2.05, 4.69) is 5.32 Å². The number of halogens is 4. The highest BCUT2D eigenvalue weighted by Crippen LogP contribution is 2.24. The molecule has 1 heterocycles. The molecule has 8 heteroatoms. The van der Waals surface area contributed by atoms with Gasteiger partial charge in [0.25, 0.3) is 0 Å². The zero-order valence-electron chi connectivity index (χ0n) is 13.9. The molecule has 0 aliphatic carbocycles. The summed E-state index contributed by atoms with van der Waals surface area (Å²) >= 11 is 0. The van der Waals surface area contributed by atoms with E-state index in [1.54, 1.807) is 6.92 Å². The number of nitrogens with zero attached hydrogens (tertiary/aromatic N) is 1. The number of likely N-dealkylation sites (tertiary alicyclic amines) is 1. The van der Waals surface area contributed by atoms with E-state index in [0.717, 1.165) is 25.7 Å². The molecule has 0 bridgehead atoms. The maximum absolute atomic E-state index is 12.3. The summed E-state index contributed by atoms with van der Waals surface area (Å²) in [6, 6.07) is 0. The largest absolute Gasteiger partial charge is 0.401 e. The van der Waals surface area contributed by atoms with Crippen molar-refractivity contribution in [3.8, 4) is 0 Å². The summed E-state index contributed by atoms with van der Waals surface area (Å²) in [7, 11) is 0. The molecule has 138 valence electrons. The Labute approximate surface area is 142 Å². The summed E-state index contributed by atoms with van der Waals surface area (Å²) in [4.78, 5) is 13.4. The highest BCUT2D eigenvalue weighted by atomic mass is 35.5. The molecule has 1 unspecified atom stereocenters. The Kier molecular flexibility index (Phi) is 9.47. The van der Waals surface area contributed by atoms with Crippen molar-refractivity contribution in [2.75, 3.05) is 26.2 Å². The van der Waals surface area contributed by atoms with Gasteiger partial charge in [0.1, 0.15) is 0 Å². The number of rotatable bonds is 7. The van der Waals surface area contributed by atoms with Crippen LogP contribution in [0, 0.1) is 5.92 Å². The lowest BCUT2D eigenvalue weighted by Crippen LogP contribution is -2.51. The van der Waals surface area contributed by atoms with Crippen molar-refractivity contribution >= 4 is 18.3 Å². The number of carbonyl (C=O) groups excluding carboxylic acids is 1. The highest BCUT2D eigenvalue weighted by molar-refractivity contribution is 5.85. The molecule has 1 aliphatic heterocycles. The first-order valence-corrected chi connectivity index (χ1v) is 8.00. The topological polar surface area (TPSA) is 58.4 Å². The third-order valence-electron chi connectivity index (χ3n) is 4.24. The van der Waals surface area contributed by atoms with Crippen LogP contribution in [0.25, 0.3) is 0 Å². The number of nitrogens with one attached hydrogen (secondary N) is 1. The molecule has 0 spiro atoms. The standard InChI is InChI=1S/C15H28F3N3O.ClH/c1-3-7-14(2,19)13(22)20-8-4-12-5-9-21(10-6-12)11-15(16,17)18;/h12H,3-11,19H2,1-2H3,(H,20,22);1H. The van der Waals surface area contributed by atoms with Crippen molar-refractivity contribution in [1.82, 2.24) is 10.2 Å². The molecule has 1 amide bonds. The van der Waals surface area contributed by atoms with Crippen molar-refractivity contribution in [2.24, 2.45) is 11.7 Å². The molecular formula is C15H29ClF3N3O. The predicted octanol–water partition coefficient (Wildman–Crippen LogP) is 2.71. The van der Waals surface area contributed by atoms with E-state index in [4.69, 9.17) is 5.73 Å². The third-order valence-corrected chi connectivity index (χ3v) is 4.24. The molecule has 3 N–H and O–H groups in total. The molecular weight excluding hydrogens is 331 g/mol. The van der Waals surface area contributed by atoms with Gasteiger partial charge >= 0.3 is 6.18 Å². The van der Waals surface area contributed by atoms with Crippen LogP contribution < -0.4 is 11.1 Å². The SMILES string of the molecule is CCCC(C)(N)C(=O)NCCC1CCN(CC(F)(F)F)CC1.Cl. The van der Waals surface area contributed by atoms with Crippen molar-refractivity contribution in [3.05, 3.63) is 0 Å². The Balaban J connectivity index is 0.00000484. The van der Waals surface area contributed by atoms with E-state index >= 15 is 0 Å². The fourth-order valence-corrected chi connectivity index (χ4v) is 2.91. The second-order valence-corrected chi connectivity index (χ2v) is 6.55. The van der Waals surface area contributed by atoms with Gasteiger partial charge in [-0.2, -0.15) is 13.2 Å². The predicted molar refractivity (Wildman–Crippen MR) is 87.6 cm³/mol. The quantitative estimate of drug-likeness (QED) is 0.734. The van der Waals surface area contributed by atoms with E-state index in [9.17, 15) is 18.0 Å². The van der Waals surface area contributed by atoms with E-state index in [1.807, 2.05) is 6.92 Å². The van der Waals surface area contributed by atoms with Crippen LogP contribution in [0.4, 0.5) is 13.2 Å². The van der Waals surface area contributed by atoms with Crippen molar-refractivity contribution in [1.29, 1.82) is 0 Å². The summed E-state index contributed by atoms with van der Waals surface area (Å²) < 4.78 is 36.9. The summed E-state index contributed by atoms with van der Waals surface area (Å²) in [5, 5.41) is 2.85. The first-order valence-electron chi connectivity index (χ1n) is 8.00. The molecule has 0 saturated carbocycles. The number of hydrogen-bond acceptors (Lipinski definition) is 3. The lowest BCUT2D eigenvalue weighted by Gasteiger charge is -2.32. The molecule has 1 rings (SSSR count). The number of carbonyl (C=O) groups is 1. The monoisotopic (exact) mass is 359 g/mol. The van der Waals surface area contributed by atoms with Gasteiger partial charge in [-0.05, 0) is 51.6 Å². The molecule has 1 atom stereocenters. The molecule has 1 fully saturated rings. The van der Waals surface area contributed by atoms with Crippen LogP contribution >= 0.6 is 12.4 Å². The summed E-state index contributed by atoms with van der Waals surface area (Å²) in [5.41, 5.74) is 5.10. The molecule has 0 aromatic carbocycles. The number of alkyl halides is 3. The van der Waals surface area contributed by atoms with Crippen LogP contribution in [-0.4, -0.2) is 48.7 Å². The second-order valence-electron chi connectivity index (χ2n) is 6.55. The van der Waals surface area contributed by atoms with Gasteiger partial charge in [-0.1, -0.05) is 13.3 Å². The summed E-state index contributed by atoms with van der Waals surface area (Å²) in [5.74, 6) is 0.226. The van der Waals surface area contributed by atoms with Gasteiger partial charge in [0.15, 0.2) is 0 Å². The van der Waals surface area contributed by atoms with Gasteiger partial charge in [0.05, 0.1) is 12.1 Å². The molecule has 1 aliphatic rings. The Morgan fingerprint density at radius 3 is 2.35 bits per heavy atom. The van der Waals surface area contributed by atoms with Gasteiger partial charge in [0, 0.05) is 6.54 Å². The minimum Gasteiger partial charge on any atom is -0.355 e. The summed E-state index contributed by atoms with van der Waals surface area (Å²) in [6.45, 7) is 4.37. The van der Waals surface area contributed by atoms with E-state index in [0.29, 0.717) is 32.0 Å². The molecule has 4 nitrogen and oxygen atoms in total. The average molecular weight is 360 g/mol. The number of hydrogen-bond donors (Lipinski definition) is 2. The number of amides is 1. The number of nitrogens with two attached hydrogens (primary N) is 1. The Morgan fingerprint density at radius 1 is 1.30 bits per heavy atom. The van der Waals surface area contributed by atoms with Crippen LogP contribution in [0.15, 0.2) is 0 Å². The van der Waals surface area contributed by atoms with Gasteiger partial charge < -0.3 is 11.1 Å². The fraction of sp³-hybridized carbons (Fsp3) is 0.933. The minimum atomic E-state index is -4.12. The molecule has 23 heavy (non-hydrogen) atoms. The van der Waals surface area contributed by atoms with Crippen molar-refractivity contribution in [2.45, 2.75) is 57.7 Å². The lowest BCUT2D eigenvalue weighted by molar-refractivity contribution is -0.148. The van der Waals surface area contributed by atoms with E-state index in [1.165, 1.54) is 4.90 Å². The maximum atomic E-state index is 12.3. The van der Waals surface area contributed by atoms with Gasteiger partial charge in [-0.15, -0.1) is 12.4 Å². The zero-order chi connectivity index (χ0) is 16.8. The minimum absolute atomic E-state index is 0. The van der Waals surface area contributed by atoms with Gasteiger partial charge in [-0.25, -0.2) is 0 Å².